The van der Waals surface area contributed by atoms with Crippen molar-refractivity contribution in [2.24, 2.45) is 5.92 Å². The summed E-state index contributed by atoms with van der Waals surface area (Å²) in [5.41, 5.74) is 8.39. The maximum Gasteiger partial charge on any atom is 0.139 e. The van der Waals surface area contributed by atoms with Gasteiger partial charge in [0.05, 0.1) is 28.0 Å². The van der Waals surface area contributed by atoms with Crippen molar-refractivity contribution in [3.63, 3.8) is 0 Å². The first-order chi connectivity index (χ1) is 16.7. The summed E-state index contributed by atoms with van der Waals surface area (Å²) in [6.45, 7) is 1.29. The number of hydrogen-bond acceptors (Lipinski definition) is 7. The van der Waals surface area contributed by atoms with E-state index in [1.54, 1.807) is 18.4 Å². The number of pyridine rings is 1. The number of hydrogen-bond donors (Lipinski definition) is 4. The van der Waals surface area contributed by atoms with E-state index >= 15 is 0 Å². The molecule has 0 radical (unpaired) electrons. The highest BCUT2D eigenvalue weighted by atomic mass is 32.1. The molecule has 0 saturated carbocycles. The lowest BCUT2D eigenvalue weighted by molar-refractivity contribution is 0.104. The summed E-state index contributed by atoms with van der Waals surface area (Å²) in [7, 11) is 1.67. The first-order valence-electron chi connectivity index (χ1n) is 11.9. The Morgan fingerprint density at radius 1 is 1.26 bits per heavy atom. The molecule has 5 rings (SSSR count). The maximum atomic E-state index is 10.1. The van der Waals surface area contributed by atoms with Crippen LogP contribution in [0, 0.1) is 5.92 Å². The number of aliphatic hydroxyl groups is 1. The number of methoxy groups -OCH3 is 1. The topological polar surface area (TPSA) is 95.1 Å². The average Bonchev–Trinajstić information content (AvgIpc) is 3.51. The molecule has 2 unspecified atom stereocenters. The Morgan fingerprint density at radius 2 is 2.21 bits per heavy atom. The molecule has 0 fully saturated rings. The smallest absolute Gasteiger partial charge is 0.139 e. The lowest BCUT2D eigenvalue weighted by atomic mass is 9.85. The van der Waals surface area contributed by atoms with Crippen molar-refractivity contribution in [1.82, 2.24) is 20.3 Å². The highest BCUT2D eigenvalue weighted by Crippen LogP contribution is 2.35. The van der Waals surface area contributed by atoms with Gasteiger partial charge in [-0.15, -0.1) is 11.3 Å². The van der Waals surface area contributed by atoms with E-state index < -0.39 is 6.23 Å². The van der Waals surface area contributed by atoms with Gasteiger partial charge in [-0.1, -0.05) is 6.08 Å². The molecule has 4 aromatic rings. The molecule has 0 bridgehead atoms. The van der Waals surface area contributed by atoms with Crippen LogP contribution in [0.4, 0.5) is 11.4 Å². The number of nitrogens with one attached hydrogen (secondary N) is 3. The molecule has 0 spiro atoms. The molecule has 1 aliphatic carbocycles. The van der Waals surface area contributed by atoms with Crippen molar-refractivity contribution >= 4 is 49.5 Å². The molecule has 0 saturated heterocycles. The van der Waals surface area contributed by atoms with Crippen molar-refractivity contribution < 1.29 is 9.84 Å². The van der Waals surface area contributed by atoms with Crippen molar-refractivity contribution in [3.05, 3.63) is 53.8 Å². The molecule has 34 heavy (non-hydrogen) atoms. The molecule has 0 aliphatic heterocycles. The van der Waals surface area contributed by atoms with Crippen LogP contribution in [0.15, 0.2) is 48.1 Å². The molecule has 2 atom stereocenters. The number of ether oxygens (including phenoxy) is 1. The summed E-state index contributed by atoms with van der Waals surface area (Å²) in [5.74, 6) is 0.615. The van der Waals surface area contributed by atoms with Gasteiger partial charge in [-0.25, -0.2) is 9.97 Å². The Morgan fingerprint density at radius 3 is 3.06 bits per heavy atom. The first kappa shape index (κ1) is 23.0. The predicted molar refractivity (Wildman–Crippen MR) is 139 cm³/mol. The third-order valence-corrected chi connectivity index (χ3v) is 7.33. The van der Waals surface area contributed by atoms with Crippen LogP contribution in [0.2, 0.25) is 0 Å². The van der Waals surface area contributed by atoms with Crippen LogP contribution < -0.4 is 10.6 Å². The highest BCUT2D eigenvalue weighted by molar-refractivity contribution is 7.16. The Kier molecular flexibility index (Phi) is 7.20. The van der Waals surface area contributed by atoms with Crippen LogP contribution in [0.1, 0.15) is 37.8 Å². The normalized spacial score (nSPS) is 17.2. The number of allylic oxidation sites excluding steroid dienone is 2. The SMILES string of the molecule is COCCNC(O)CCC1CC=C(c2cc3c(Nc4ccc5ncsc5c4)ccnc3[nH]2)CC1. The minimum atomic E-state index is -0.456. The van der Waals surface area contributed by atoms with Crippen LogP contribution in [-0.4, -0.2) is 46.5 Å². The van der Waals surface area contributed by atoms with Gasteiger partial charge in [0.25, 0.3) is 0 Å². The van der Waals surface area contributed by atoms with E-state index in [2.05, 4.69) is 49.9 Å². The Bertz CT molecular complexity index is 1280. The van der Waals surface area contributed by atoms with E-state index in [1.165, 1.54) is 10.3 Å². The maximum absolute atomic E-state index is 10.1. The van der Waals surface area contributed by atoms with Crippen molar-refractivity contribution in [2.75, 3.05) is 25.6 Å². The second kappa shape index (κ2) is 10.7. The molecule has 3 aromatic heterocycles. The lowest BCUT2D eigenvalue weighted by Crippen LogP contribution is -2.32. The van der Waals surface area contributed by atoms with E-state index in [4.69, 9.17) is 4.74 Å². The van der Waals surface area contributed by atoms with Gasteiger partial charge in [-0.05, 0) is 73.9 Å². The largest absolute Gasteiger partial charge is 0.383 e. The van der Waals surface area contributed by atoms with E-state index in [0.717, 1.165) is 65.7 Å². The number of benzene rings is 1. The van der Waals surface area contributed by atoms with Gasteiger partial charge in [0.1, 0.15) is 11.9 Å². The summed E-state index contributed by atoms with van der Waals surface area (Å²) in [6.07, 6.45) is 8.76. The van der Waals surface area contributed by atoms with E-state index in [-0.39, 0.29) is 0 Å². The summed E-state index contributed by atoms with van der Waals surface area (Å²) < 4.78 is 6.19. The zero-order valence-electron chi connectivity index (χ0n) is 19.4. The van der Waals surface area contributed by atoms with Gasteiger partial charge >= 0.3 is 0 Å². The predicted octanol–water partition coefficient (Wildman–Crippen LogP) is 5.43. The molecule has 178 valence electrons. The monoisotopic (exact) mass is 477 g/mol. The fourth-order valence-corrected chi connectivity index (χ4v) is 5.33. The van der Waals surface area contributed by atoms with Crippen LogP contribution >= 0.6 is 11.3 Å². The molecular weight excluding hydrogens is 446 g/mol. The number of rotatable bonds is 10. The number of aliphatic hydroxyl groups excluding tert-OH is 1. The molecule has 3 heterocycles. The minimum absolute atomic E-state index is 0.456. The quantitative estimate of drug-likeness (QED) is 0.180. The minimum Gasteiger partial charge on any atom is -0.383 e. The molecule has 7 nitrogen and oxygen atoms in total. The van der Waals surface area contributed by atoms with Crippen LogP contribution in [0.5, 0.6) is 0 Å². The van der Waals surface area contributed by atoms with E-state index in [1.807, 2.05) is 23.8 Å². The van der Waals surface area contributed by atoms with Crippen molar-refractivity contribution in [2.45, 2.75) is 38.3 Å². The summed E-state index contributed by atoms with van der Waals surface area (Å²) >= 11 is 1.65. The zero-order valence-corrected chi connectivity index (χ0v) is 20.2. The van der Waals surface area contributed by atoms with Crippen molar-refractivity contribution in [3.8, 4) is 0 Å². The van der Waals surface area contributed by atoms with Gasteiger partial charge in [-0.3, -0.25) is 5.32 Å². The Hall–Kier alpha value is -2.78. The number of aromatic nitrogens is 3. The average molecular weight is 478 g/mol. The molecule has 4 N–H and O–H groups in total. The summed E-state index contributed by atoms with van der Waals surface area (Å²) in [4.78, 5) is 12.4. The number of anilines is 2. The van der Waals surface area contributed by atoms with Gasteiger partial charge in [0, 0.05) is 36.6 Å². The molecule has 1 aromatic carbocycles. The number of aromatic amines is 1. The molecular formula is C26H31N5O2S. The van der Waals surface area contributed by atoms with Gasteiger partial charge in [-0.2, -0.15) is 0 Å². The second-order valence-corrected chi connectivity index (χ2v) is 9.76. The van der Waals surface area contributed by atoms with Crippen LogP contribution in [-0.2, 0) is 4.74 Å². The fraction of sp³-hybridized carbons (Fsp3) is 0.385. The van der Waals surface area contributed by atoms with Crippen LogP contribution in [0.3, 0.4) is 0 Å². The standard InChI is InChI=1S/C26H31N5O2S/c1-33-13-12-27-25(32)9-4-17-2-5-18(6-3-17)23-15-20-21(10-11-28-26(20)31-23)30-19-7-8-22-24(14-19)34-16-29-22/h5,7-8,10-11,14-17,25,27,32H,2-4,6,9,12-13H2,1H3,(H2,28,30,31). The van der Waals surface area contributed by atoms with Gasteiger partial charge in [0.15, 0.2) is 0 Å². The van der Waals surface area contributed by atoms with Gasteiger partial charge in [0.2, 0.25) is 0 Å². The molecule has 8 heteroatoms. The molecule has 0 amide bonds. The number of fused-ring (bicyclic) bond motifs is 2. The molecule has 1 aliphatic rings. The van der Waals surface area contributed by atoms with Crippen LogP contribution in [0.25, 0.3) is 26.8 Å². The summed E-state index contributed by atoms with van der Waals surface area (Å²) in [5, 5.41) is 17.8. The van der Waals surface area contributed by atoms with Crippen molar-refractivity contribution in [1.29, 1.82) is 0 Å². The Balaban J connectivity index is 1.24. The number of thiazole rings is 1. The first-order valence-corrected chi connectivity index (χ1v) is 12.8. The van der Waals surface area contributed by atoms with Gasteiger partial charge < -0.3 is 20.1 Å². The third-order valence-electron chi connectivity index (χ3n) is 6.54. The zero-order chi connectivity index (χ0) is 23.3. The highest BCUT2D eigenvalue weighted by Gasteiger charge is 2.18. The summed E-state index contributed by atoms with van der Waals surface area (Å²) in [6, 6.07) is 10.5. The Labute approximate surface area is 203 Å². The number of H-pyrrole nitrogens is 1. The third kappa shape index (κ3) is 5.31. The van der Waals surface area contributed by atoms with E-state index in [0.29, 0.717) is 19.1 Å². The second-order valence-electron chi connectivity index (χ2n) is 8.87. The lowest BCUT2D eigenvalue weighted by Gasteiger charge is -2.23. The van der Waals surface area contributed by atoms with E-state index in [9.17, 15) is 5.11 Å². The number of nitrogens with zero attached hydrogens (tertiary/aromatic N) is 2. The fourth-order valence-electron chi connectivity index (χ4n) is 4.62.